The number of ether oxygens (including phenoxy) is 2. The third-order valence-electron chi connectivity index (χ3n) is 7.30. The minimum Gasteiger partial charge on any atom is -0.477 e. The topological polar surface area (TPSA) is 89.7 Å². The lowest BCUT2D eigenvalue weighted by atomic mass is 10.0. The first kappa shape index (κ1) is 26.1. The predicted molar refractivity (Wildman–Crippen MR) is 156 cm³/mol. The van der Waals surface area contributed by atoms with Gasteiger partial charge in [0.25, 0.3) is 0 Å². The number of imidazole rings is 1. The Labute approximate surface area is 233 Å². The quantitative estimate of drug-likeness (QED) is 0.297. The van der Waals surface area contributed by atoms with Crippen LogP contribution in [-0.2, 0) is 24.4 Å². The Hall–Kier alpha value is -3.10. The fourth-order valence-electron chi connectivity index (χ4n) is 4.98. The Bertz CT molecular complexity index is 1560. The number of hydrogen-bond acceptors (Lipinski definition) is 7. The van der Waals surface area contributed by atoms with Crippen molar-refractivity contribution in [3.63, 3.8) is 0 Å². The number of aromatic nitrogens is 3. The van der Waals surface area contributed by atoms with Gasteiger partial charge in [-0.05, 0) is 48.3 Å². The summed E-state index contributed by atoms with van der Waals surface area (Å²) >= 11 is 1.23. The summed E-state index contributed by atoms with van der Waals surface area (Å²) in [5.74, 6) is 0.674. The number of benzene rings is 1. The lowest BCUT2D eigenvalue weighted by Gasteiger charge is -2.29. The van der Waals surface area contributed by atoms with Gasteiger partial charge in [-0.25, -0.2) is 14.8 Å². The zero-order valence-corrected chi connectivity index (χ0v) is 23.8. The second-order valence-electron chi connectivity index (χ2n) is 10.1. The molecule has 8 nitrogen and oxygen atoms in total. The van der Waals surface area contributed by atoms with Gasteiger partial charge in [0, 0.05) is 25.8 Å². The molecule has 1 aromatic carbocycles. The number of nitrogens with zero attached hydrogens (tertiary/aromatic N) is 4. The molecule has 1 fully saturated rings. The van der Waals surface area contributed by atoms with Crippen LogP contribution in [0.25, 0.3) is 15.9 Å². The van der Waals surface area contributed by atoms with Crippen molar-refractivity contribution in [1.82, 2.24) is 19.4 Å². The Morgan fingerprint density at radius 1 is 1.26 bits per heavy atom. The van der Waals surface area contributed by atoms with E-state index in [0.717, 1.165) is 65.3 Å². The van der Waals surface area contributed by atoms with Crippen LogP contribution >= 0.6 is 20.6 Å². The van der Waals surface area contributed by atoms with Crippen molar-refractivity contribution in [3.05, 3.63) is 76.1 Å². The summed E-state index contributed by atoms with van der Waals surface area (Å²) < 4.78 is 13.9. The highest BCUT2D eigenvalue weighted by atomic mass is 32.1. The maximum atomic E-state index is 11.5. The Balaban J connectivity index is 1.13. The molecule has 2 aliphatic rings. The molecule has 2 aliphatic heterocycles. The van der Waals surface area contributed by atoms with Crippen molar-refractivity contribution >= 4 is 47.8 Å². The van der Waals surface area contributed by atoms with Crippen molar-refractivity contribution in [3.8, 4) is 5.88 Å². The summed E-state index contributed by atoms with van der Waals surface area (Å²) in [6.45, 7) is 6.43. The monoisotopic (exact) mass is 562 g/mol. The Kier molecular flexibility index (Phi) is 7.49. The third kappa shape index (κ3) is 5.77. The lowest BCUT2D eigenvalue weighted by Crippen LogP contribution is -2.33. The van der Waals surface area contributed by atoms with E-state index in [1.54, 1.807) is 6.07 Å². The van der Waals surface area contributed by atoms with E-state index in [1.165, 1.54) is 22.5 Å². The Morgan fingerprint density at radius 2 is 2.13 bits per heavy atom. The van der Waals surface area contributed by atoms with Crippen LogP contribution in [0.3, 0.4) is 0 Å². The van der Waals surface area contributed by atoms with Crippen LogP contribution in [0.1, 0.15) is 45.2 Å². The first-order chi connectivity index (χ1) is 18.9. The molecule has 0 amide bonds. The zero-order chi connectivity index (χ0) is 26.9. The van der Waals surface area contributed by atoms with Crippen molar-refractivity contribution in [2.45, 2.75) is 45.6 Å². The average Bonchev–Trinajstić information content (AvgIpc) is 3.45. The molecule has 1 N–H and O–H groups in total. The van der Waals surface area contributed by atoms with Crippen LogP contribution in [0.2, 0.25) is 0 Å². The van der Waals surface area contributed by atoms with Gasteiger partial charge in [-0.15, -0.1) is 20.6 Å². The number of fused-ring (bicyclic) bond motifs is 1. The van der Waals surface area contributed by atoms with E-state index < -0.39 is 5.97 Å². The van der Waals surface area contributed by atoms with Gasteiger partial charge in [0.1, 0.15) is 22.1 Å². The maximum absolute atomic E-state index is 11.5. The van der Waals surface area contributed by atoms with Crippen LogP contribution in [-0.4, -0.2) is 56.3 Å². The Morgan fingerprint density at radius 3 is 2.85 bits per heavy atom. The van der Waals surface area contributed by atoms with E-state index in [4.69, 9.17) is 19.4 Å². The van der Waals surface area contributed by atoms with Crippen molar-refractivity contribution in [2.24, 2.45) is 0 Å². The molecule has 10 heteroatoms. The number of carbonyl (C=O) groups is 1. The average molecular weight is 563 g/mol. The van der Waals surface area contributed by atoms with Crippen LogP contribution in [0.5, 0.6) is 5.88 Å². The van der Waals surface area contributed by atoms with E-state index in [0.29, 0.717) is 30.5 Å². The zero-order valence-electron chi connectivity index (χ0n) is 21.8. The molecule has 0 spiro atoms. The normalized spacial score (nSPS) is 17.7. The van der Waals surface area contributed by atoms with Gasteiger partial charge in [-0.2, -0.15) is 0 Å². The first-order valence-corrected chi connectivity index (χ1v) is 14.5. The summed E-state index contributed by atoms with van der Waals surface area (Å²) in [5.41, 5.74) is 5.42. The molecule has 4 aromatic rings. The molecule has 5 heterocycles. The molecule has 6 rings (SSSR count). The highest BCUT2D eigenvalue weighted by Gasteiger charge is 2.25. The van der Waals surface area contributed by atoms with E-state index in [1.807, 2.05) is 18.2 Å². The standard InChI is InChI=1S/C29H31N4O4PS/c1-18-5-6-20(24(38)13-18)17-37-27-4-2-3-22(30-27)19-7-10-32(11-8-19)16-26-31-28-23(14-25(39-28)29(34)35)33(26)15-21-9-12-36-21/h2-7,13-14,21H,8-12,15-17,38H2,1H3,(H,34,35). The molecule has 39 heavy (non-hydrogen) atoms. The summed E-state index contributed by atoms with van der Waals surface area (Å²) in [7, 11) is 2.78. The fraction of sp³-hybridized carbons (Fsp3) is 0.345. The second kappa shape index (κ2) is 11.2. The van der Waals surface area contributed by atoms with Gasteiger partial charge in [0.05, 0.1) is 30.4 Å². The molecular weight excluding hydrogens is 531 g/mol. The predicted octanol–water partition coefficient (Wildman–Crippen LogP) is 4.66. The smallest absolute Gasteiger partial charge is 0.346 e. The number of carboxylic acids is 1. The summed E-state index contributed by atoms with van der Waals surface area (Å²) in [4.78, 5) is 24.6. The summed E-state index contributed by atoms with van der Waals surface area (Å²) in [6, 6.07) is 14.0. The van der Waals surface area contributed by atoms with Gasteiger partial charge in [0.15, 0.2) is 0 Å². The number of thiophene rings is 1. The number of aromatic carboxylic acids is 1. The van der Waals surface area contributed by atoms with E-state index in [9.17, 15) is 9.90 Å². The maximum Gasteiger partial charge on any atom is 0.346 e. The molecule has 0 saturated carbocycles. The number of carboxylic acid groups (broad SMARTS) is 1. The van der Waals surface area contributed by atoms with Crippen LogP contribution in [0.4, 0.5) is 0 Å². The minimum absolute atomic E-state index is 0.163. The largest absolute Gasteiger partial charge is 0.477 e. The van der Waals surface area contributed by atoms with Gasteiger partial charge < -0.3 is 19.1 Å². The summed E-state index contributed by atoms with van der Waals surface area (Å²) in [5, 5.41) is 10.6. The number of aryl methyl sites for hydroxylation is 1. The molecular formula is C29H31N4O4PS. The van der Waals surface area contributed by atoms with Crippen molar-refractivity contribution in [2.75, 3.05) is 19.7 Å². The molecule has 202 valence electrons. The van der Waals surface area contributed by atoms with E-state index in [-0.39, 0.29) is 6.10 Å². The molecule has 0 aliphatic carbocycles. The third-order valence-corrected chi connectivity index (χ3v) is 8.85. The van der Waals surface area contributed by atoms with Gasteiger partial charge >= 0.3 is 5.97 Å². The van der Waals surface area contributed by atoms with E-state index >= 15 is 0 Å². The molecule has 2 atom stereocenters. The van der Waals surface area contributed by atoms with E-state index in [2.05, 4.69) is 49.9 Å². The fourth-order valence-corrected chi connectivity index (χ4v) is 6.32. The van der Waals surface area contributed by atoms with Crippen LogP contribution in [0.15, 0.2) is 48.5 Å². The van der Waals surface area contributed by atoms with Crippen LogP contribution in [0, 0.1) is 6.92 Å². The van der Waals surface area contributed by atoms with Gasteiger partial charge in [-0.3, -0.25) is 4.90 Å². The number of pyridine rings is 1. The van der Waals surface area contributed by atoms with Gasteiger partial charge in [0.2, 0.25) is 5.88 Å². The number of rotatable bonds is 9. The highest BCUT2D eigenvalue weighted by Crippen LogP contribution is 2.30. The molecule has 1 saturated heterocycles. The first-order valence-electron chi connectivity index (χ1n) is 13.1. The molecule has 0 bridgehead atoms. The molecule has 2 unspecified atom stereocenters. The van der Waals surface area contributed by atoms with Crippen molar-refractivity contribution in [1.29, 1.82) is 0 Å². The number of hydrogen-bond donors (Lipinski definition) is 1. The summed E-state index contributed by atoms with van der Waals surface area (Å²) in [6.07, 6.45) is 4.30. The lowest BCUT2D eigenvalue weighted by molar-refractivity contribution is -0.0591. The van der Waals surface area contributed by atoms with Gasteiger partial charge in [-0.1, -0.05) is 35.9 Å². The minimum atomic E-state index is -0.910. The molecule has 3 aromatic heterocycles. The van der Waals surface area contributed by atoms with Crippen molar-refractivity contribution < 1.29 is 19.4 Å². The highest BCUT2D eigenvalue weighted by molar-refractivity contribution is 7.27. The molecule has 0 radical (unpaired) electrons. The SMILES string of the molecule is Cc1ccc(COc2cccc(C3=CCN(Cc4nc5sc(C(=O)O)cc5n4CC4CCO4)CC3)n2)c(P)c1. The van der Waals surface area contributed by atoms with Crippen LogP contribution < -0.4 is 10.0 Å². The second-order valence-corrected chi connectivity index (χ2v) is 11.7.